The molecule has 0 aliphatic heterocycles. The van der Waals surface area contributed by atoms with Crippen LogP contribution in [0, 0.1) is 5.92 Å². The molecule has 3 aromatic rings. The summed E-state index contributed by atoms with van der Waals surface area (Å²) in [5.74, 6) is 1.50. The fourth-order valence-corrected chi connectivity index (χ4v) is 4.71. The van der Waals surface area contributed by atoms with Gasteiger partial charge in [-0.1, -0.05) is 109 Å². The zero-order valence-electron chi connectivity index (χ0n) is 19.8. The normalized spacial score (nSPS) is 13.8. The lowest BCUT2D eigenvalue weighted by Gasteiger charge is -2.29. The highest BCUT2D eigenvalue weighted by molar-refractivity contribution is 5.26. The molecular formula is C32H38. The first-order chi connectivity index (χ1) is 15.5. The third-order valence-electron chi connectivity index (χ3n) is 6.62. The van der Waals surface area contributed by atoms with Crippen LogP contribution >= 0.6 is 0 Å². The molecule has 0 amide bonds. The van der Waals surface area contributed by atoms with Gasteiger partial charge < -0.3 is 0 Å². The Labute approximate surface area is 195 Å². The Morgan fingerprint density at radius 1 is 0.656 bits per heavy atom. The number of allylic oxidation sites excluding steroid dienone is 2. The van der Waals surface area contributed by atoms with E-state index in [1.807, 2.05) is 0 Å². The van der Waals surface area contributed by atoms with Crippen LogP contribution in [0.5, 0.6) is 0 Å². The van der Waals surface area contributed by atoms with E-state index in [1.54, 1.807) is 0 Å². The number of benzene rings is 3. The highest BCUT2D eigenvalue weighted by atomic mass is 14.3. The van der Waals surface area contributed by atoms with Gasteiger partial charge in [0.25, 0.3) is 0 Å². The molecule has 3 unspecified atom stereocenters. The van der Waals surface area contributed by atoms with E-state index < -0.39 is 0 Å². The van der Waals surface area contributed by atoms with Crippen LogP contribution in [-0.2, 0) is 6.42 Å². The van der Waals surface area contributed by atoms with Crippen molar-refractivity contribution in [1.82, 2.24) is 0 Å². The molecule has 0 saturated heterocycles. The third kappa shape index (κ3) is 7.38. The zero-order valence-corrected chi connectivity index (χ0v) is 19.8. The van der Waals surface area contributed by atoms with Crippen LogP contribution in [0.15, 0.2) is 115 Å². The van der Waals surface area contributed by atoms with Gasteiger partial charge in [0.1, 0.15) is 0 Å². The average molecular weight is 423 g/mol. The lowest BCUT2D eigenvalue weighted by Crippen LogP contribution is -2.15. The summed E-state index contributed by atoms with van der Waals surface area (Å²) < 4.78 is 0. The molecule has 0 fully saturated rings. The molecular weight excluding hydrogens is 384 g/mol. The molecule has 0 saturated carbocycles. The molecule has 0 aliphatic carbocycles. The standard InChI is InChI=1S/C32H38/c1-25(2)20-21-30(28-16-10-6-11-17-28)23-31(26(3)4)24-32(29-18-12-7-13-19-29)22-27-14-8-5-9-15-27/h5-19,30-32H,1,3,20-24H2,2,4H3. The van der Waals surface area contributed by atoms with E-state index in [1.165, 1.54) is 27.8 Å². The fraction of sp³-hybridized carbons (Fsp3) is 0.312. The maximum Gasteiger partial charge on any atom is -0.0116 e. The first-order valence-electron chi connectivity index (χ1n) is 12.0. The van der Waals surface area contributed by atoms with E-state index in [0.29, 0.717) is 17.8 Å². The molecule has 0 heteroatoms. The summed E-state index contributed by atoms with van der Waals surface area (Å²) in [5, 5.41) is 0. The van der Waals surface area contributed by atoms with Crippen LogP contribution in [-0.4, -0.2) is 0 Å². The molecule has 0 N–H and O–H groups in total. The second-order valence-electron chi connectivity index (χ2n) is 9.42. The maximum atomic E-state index is 4.43. The van der Waals surface area contributed by atoms with Crippen LogP contribution in [0.1, 0.15) is 68.1 Å². The molecule has 3 atom stereocenters. The smallest absolute Gasteiger partial charge is 0.0116 e. The Hall–Kier alpha value is -2.86. The quantitative estimate of drug-likeness (QED) is 0.255. The second kappa shape index (κ2) is 12.2. The van der Waals surface area contributed by atoms with Crippen molar-refractivity contribution in [3.05, 3.63) is 132 Å². The van der Waals surface area contributed by atoms with E-state index in [2.05, 4.69) is 118 Å². The average Bonchev–Trinajstić information content (AvgIpc) is 2.82. The largest absolute Gasteiger partial charge is 0.100 e. The number of hydrogen-bond donors (Lipinski definition) is 0. The van der Waals surface area contributed by atoms with Gasteiger partial charge in [-0.3, -0.25) is 0 Å². The Morgan fingerprint density at radius 2 is 1.12 bits per heavy atom. The van der Waals surface area contributed by atoms with Crippen molar-refractivity contribution in [2.24, 2.45) is 5.92 Å². The van der Waals surface area contributed by atoms with Gasteiger partial charge in [0.05, 0.1) is 0 Å². The molecule has 0 bridgehead atoms. The Kier molecular flexibility index (Phi) is 9.11. The van der Waals surface area contributed by atoms with Crippen LogP contribution in [0.25, 0.3) is 0 Å². The Morgan fingerprint density at radius 3 is 1.62 bits per heavy atom. The first kappa shape index (κ1) is 23.8. The summed E-state index contributed by atoms with van der Waals surface area (Å²) in [6.45, 7) is 12.9. The van der Waals surface area contributed by atoms with Crippen molar-refractivity contribution >= 4 is 0 Å². The van der Waals surface area contributed by atoms with Crippen molar-refractivity contribution in [2.45, 2.75) is 57.8 Å². The summed E-state index contributed by atoms with van der Waals surface area (Å²) in [5.41, 5.74) is 6.85. The van der Waals surface area contributed by atoms with Gasteiger partial charge in [-0.15, -0.1) is 6.58 Å². The minimum absolute atomic E-state index is 0.484. The topological polar surface area (TPSA) is 0 Å². The van der Waals surface area contributed by atoms with Gasteiger partial charge in [-0.25, -0.2) is 0 Å². The second-order valence-corrected chi connectivity index (χ2v) is 9.42. The number of rotatable bonds is 12. The van der Waals surface area contributed by atoms with Crippen molar-refractivity contribution in [2.75, 3.05) is 0 Å². The highest BCUT2D eigenvalue weighted by Gasteiger charge is 2.23. The molecule has 0 nitrogen and oxygen atoms in total. The highest BCUT2D eigenvalue weighted by Crippen LogP contribution is 2.38. The van der Waals surface area contributed by atoms with Crippen LogP contribution in [0.2, 0.25) is 0 Å². The molecule has 0 spiro atoms. The van der Waals surface area contributed by atoms with E-state index in [9.17, 15) is 0 Å². The summed E-state index contributed by atoms with van der Waals surface area (Å²) in [6, 6.07) is 33.0. The maximum absolute atomic E-state index is 4.43. The minimum atomic E-state index is 0.484. The molecule has 3 rings (SSSR count). The first-order valence-corrected chi connectivity index (χ1v) is 12.0. The molecule has 0 aliphatic rings. The van der Waals surface area contributed by atoms with E-state index >= 15 is 0 Å². The van der Waals surface area contributed by atoms with Crippen molar-refractivity contribution in [3.8, 4) is 0 Å². The summed E-state index contributed by atoms with van der Waals surface area (Å²) in [6.07, 6.45) is 5.57. The predicted molar refractivity (Wildman–Crippen MR) is 140 cm³/mol. The lowest BCUT2D eigenvalue weighted by molar-refractivity contribution is 0.409. The van der Waals surface area contributed by atoms with E-state index in [4.69, 9.17) is 0 Å². The van der Waals surface area contributed by atoms with E-state index in [-0.39, 0.29) is 0 Å². The Balaban J connectivity index is 1.83. The lowest BCUT2D eigenvalue weighted by atomic mass is 9.76. The van der Waals surface area contributed by atoms with Crippen molar-refractivity contribution < 1.29 is 0 Å². The molecule has 0 aromatic heterocycles. The number of hydrogen-bond acceptors (Lipinski definition) is 0. The fourth-order valence-electron chi connectivity index (χ4n) is 4.71. The molecule has 0 radical (unpaired) electrons. The van der Waals surface area contributed by atoms with E-state index in [0.717, 1.165) is 32.1 Å². The minimum Gasteiger partial charge on any atom is -0.100 e. The summed E-state index contributed by atoms with van der Waals surface area (Å²) in [7, 11) is 0. The Bertz CT molecular complexity index is 953. The van der Waals surface area contributed by atoms with Crippen LogP contribution < -0.4 is 0 Å². The monoisotopic (exact) mass is 422 g/mol. The van der Waals surface area contributed by atoms with Gasteiger partial charge in [0, 0.05) is 0 Å². The van der Waals surface area contributed by atoms with Crippen molar-refractivity contribution in [3.63, 3.8) is 0 Å². The SMILES string of the molecule is C=C(C)CCC(CC(CC(Cc1ccccc1)c1ccccc1)C(=C)C)c1ccccc1. The van der Waals surface area contributed by atoms with Crippen LogP contribution in [0.4, 0.5) is 0 Å². The van der Waals surface area contributed by atoms with Crippen molar-refractivity contribution in [1.29, 1.82) is 0 Å². The third-order valence-corrected chi connectivity index (χ3v) is 6.62. The summed E-state index contributed by atoms with van der Waals surface area (Å²) in [4.78, 5) is 0. The van der Waals surface area contributed by atoms with Gasteiger partial charge >= 0.3 is 0 Å². The van der Waals surface area contributed by atoms with Crippen LogP contribution in [0.3, 0.4) is 0 Å². The zero-order chi connectivity index (χ0) is 22.8. The van der Waals surface area contributed by atoms with Gasteiger partial charge in [0.15, 0.2) is 0 Å². The molecule has 166 valence electrons. The molecule has 0 heterocycles. The molecule has 32 heavy (non-hydrogen) atoms. The summed E-state index contributed by atoms with van der Waals surface area (Å²) >= 11 is 0. The molecule has 3 aromatic carbocycles. The van der Waals surface area contributed by atoms with Gasteiger partial charge in [-0.2, -0.15) is 0 Å². The predicted octanol–water partition coefficient (Wildman–Crippen LogP) is 9.13. The van der Waals surface area contributed by atoms with Gasteiger partial charge in [-0.05, 0) is 80.4 Å². The van der Waals surface area contributed by atoms with Gasteiger partial charge in [0.2, 0.25) is 0 Å².